The maximum absolute atomic E-state index is 12.3. The van der Waals surface area contributed by atoms with E-state index in [0.29, 0.717) is 19.0 Å². The van der Waals surface area contributed by atoms with Crippen LogP contribution in [0.4, 0.5) is 16.6 Å². The van der Waals surface area contributed by atoms with Gasteiger partial charge in [0.1, 0.15) is 16.2 Å². The number of nitrogens with one attached hydrogen (secondary N) is 1. The van der Waals surface area contributed by atoms with Crippen LogP contribution >= 0.6 is 11.3 Å². The molecule has 1 fully saturated rings. The number of fused-ring (bicyclic) bond motifs is 1. The second kappa shape index (κ2) is 7.26. The van der Waals surface area contributed by atoms with E-state index in [1.807, 2.05) is 27.8 Å². The second-order valence-corrected chi connectivity index (χ2v) is 8.48. The maximum atomic E-state index is 12.3. The number of hydrogen-bond acceptors (Lipinski definition) is 7. The summed E-state index contributed by atoms with van der Waals surface area (Å²) in [6, 6.07) is 2.19. The highest BCUT2D eigenvalue weighted by atomic mass is 32.1. The van der Waals surface area contributed by atoms with Gasteiger partial charge in [-0.05, 0) is 33.3 Å². The van der Waals surface area contributed by atoms with E-state index in [1.54, 1.807) is 16.2 Å². The first-order valence-corrected chi connectivity index (χ1v) is 9.83. The maximum Gasteiger partial charge on any atom is 0.410 e. The van der Waals surface area contributed by atoms with Crippen LogP contribution in [-0.4, -0.2) is 59.8 Å². The highest BCUT2D eigenvalue weighted by Gasteiger charge is 2.27. The van der Waals surface area contributed by atoms with E-state index in [9.17, 15) is 4.79 Å². The van der Waals surface area contributed by atoms with E-state index in [1.165, 1.54) is 4.88 Å². The Morgan fingerprint density at radius 2 is 1.96 bits per heavy atom. The van der Waals surface area contributed by atoms with Crippen molar-refractivity contribution in [1.29, 1.82) is 0 Å². The fraction of sp³-hybridized carbons (Fsp3) is 0.611. The average molecular weight is 378 g/mol. The summed E-state index contributed by atoms with van der Waals surface area (Å²) in [5, 5.41) is 4.15. The molecule has 2 aromatic heterocycles. The van der Waals surface area contributed by atoms with Gasteiger partial charge in [-0.25, -0.2) is 9.78 Å². The number of piperazine rings is 1. The molecule has 0 radical (unpaired) electrons. The summed E-state index contributed by atoms with van der Waals surface area (Å²) in [6.45, 7) is 10.5. The van der Waals surface area contributed by atoms with Crippen molar-refractivity contribution in [3.05, 3.63) is 10.9 Å². The van der Waals surface area contributed by atoms with Crippen LogP contribution in [0.3, 0.4) is 0 Å². The lowest BCUT2D eigenvalue weighted by molar-refractivity contribution is 0.0240. The van der Waals surface area contributed by atoms with Gasteiger partial charge in [0.15, 0.2) is 0 Å². The minimum absolute atomic E-state index is 0.246. The zero-order valence-corrected chi connectivity index (χ0v) is 16.9. The third kappa shape index (κ3) is 4.00. The molecule has 7 nitrogen and oxygen atoms in total. The smallest absolute Gasteiger partial charge is 0.410 e. The van der Waals surface area contributed by atoms with E-state index < -0.39 is 5.60 Å². The molecule has 26 heavy (non-hydrogen) atoms. The van der Waals surface area contributed by atoms with Gasteiger partial charge in [-0.1, -0.05) is 6.92 Å². The molecule has 0 saturated carbocycles. The van der Waals surface area contributed by atoms with Crippen LogP contribution in [-0.2, 0) is 11.2 Å². The highest BCUT2D eigenvalue weighted by molar-refractivity contribution is 7.18. The highest BCUT2D eigenvalue weighted by Crippen LogP contribution is 2.32. The molecule has 3 rings (SSSR count). The van der Waals surface area contributed by atoms with Gasteiger partial charge in [0.05, 0.1) is 5.39 Å². The van der Waals surface area contributed by atoms with Crippen molar-refractivity contribution in [2.75, 3.05) is 43.4 Å². The number of anilines is 2. The number of carbonyl (C=O) groups excluding carboxylic acids is 1. The minimum Gasteiger partial charge on any atom is -0.444 e. The largest absolute Gasteiger partial charge is 0.444 e. The van der Waals surface area contributed by atoms with Crippen LogP contribution in [0.25, 0.3) is 10.2 Å². The lowest BCUT2D eigenvalue weighted by atomic mass is 10.2. The molecule has 3 heterocycles. The Morgan fingerprint density at radius 3 is 2.54 bits per heavy atom. The number of aromatic nitrogens is 2. The van der Waals surface area contributed by atoms with Crippen molar-refractivity contribution >= 4 is 39.4 Å². The van der Waals surface area contributed by atoms with Gasteiger partial charge >= 0.3 is 6.09 Å². The molecule has 2 aromatic rings. The molecule has 0 aliphatic carbocycles. The lowest BCUT2D eigenvalue weighted by Crippen LogP contribution is -2.50. The molecule has 1 N–H and O–H groups in total. The molecular formula is C18H27N5O2S. The van der Waals surface area contributed by atoms with Crippen LogP contribution in [0.5, 0.6) is 0 Å². The van der Waals surface area contributed by atoms with Crippen LogP contribution in [0, 0.1) is 0 Å². The molecule has 0 aromatic carbocycles. The number of rotatable bonds is 3. The molecule has 0 unspecified atom stereocenters. The predicted octanol–water partition coefficient (Wildman–Crippen LogP) is 3.35. The number of hydrogen-bond donors (Lipinski definition) is 1. The molecular weight excluding hydrogens is 350 g/mol. The molecule has 0 spiro atoms. The van der Waals surface area contributed by atoms with Gasteiger partial charge in [-0.15, -0.1) is 11.3 Å². The van der Waals surface area contributed by atoms with Crippen molar-refractivity contribution in [2.24, 2.45) is 0 Å². The molecule has 1 aliphatic heterocycles. The number of aryl methyl sites for hydroxylation is 1. The zero-order chi connectivity index (χ0) is 18.9. The quantitative estimate of drug-likeness (QED) is 0.884. The standard InChI is InChI=1S/C18H27N5O2S/c1-6-12-11-13-14(20-16(19-5)21-15(13)26-12)22-7-9-23(10-8-22)17(24)25-18(2,3)4/h11H,6-10H2,1-5H3,(H,19,20,21). The summed E-state index contributed by atoms with van der Waals surface area (Å²) in [4.78, 5) is 27.9. The molecule has 1 amide bonds. The first-order chi connectivity index (χ1) is 12.3. The first-order valence-electron chi connectivity index (χ1n) is 9.02. The summed E-state index contributed by atoms with van der Waals surface area (Å²) in [7, 11) is 1.83. The summed E-state index contributed by atoms with van der Waals surface area (Å²) < 4.78 is 5.48. The van der Waals surface area contributed by atoms with E-state index >= 15 is 0 Å². The van der Waals surface area contributed by atoms with Gasteiger partial charge in [0.2, 0.25) is 5.95 Å². The Kier molecular flexibility index (Phi) is 5.22. The fourth-order valence-corrected chi connectivity index (χ4v) is 3.87. The van der Waals surface area contributed by atoms with E-state index in [0.717, 1.165) is 35.5 Å². The number of nitrogens with zero attached hydrogens (tertiary/aromatic N) is 4. The molecule has 1 saturated heterocycles. The SMILES string of the molecule is CCc1cc2c(N3CCN(C(=O)OC(C)(C)C)CC3)nc(NC)nc2s1. The molecule has 1 aliphatic rings. The summed E-state index contributed by atoms with van der Waals surface area (Å²) >= 11 is 1.71. The van der Waals surface area contributed by atoms with Crippen molar-refractivity contribution in [3.63, 3.8) is 0 Å². The average Bonchev–Trinajstić information content (AvgIpc) is 3.02. The number of ether oxygens (including phenoxy) is 1. The Morgan fingerprint density at radius 1 is 1.27 bits per heavy atom. The van der Waals surface area contributed by atoms with Gasteiger partial charge in [-0.3, -0.25) is 0 Å². The molecule has 8 heteroatoms. The Balaban J connectivity index is 1.79. The van der Waals surface area contributed by atoms with E-state index in [-0.39, 0.29) is 6.09 Å². The predicted molar refractivity (Wildman–Crippen MR) is 106 cm³/mol. The summed E-state index contributed by atoms with van der Waals surface area (Å²) in [6.07, 6.45) is 0.742. The number of amides is 1. The Bertz CT molecular complexity index is 791. The molecule has 0 atom stereocenters. The summed E-state index contributed by atoms with van der Waals surface area (Å²) in [5.74, 6) is 1.57. The molecule has 142 valence electrons. The van der Waals surface area contributed by atoms with Crippen LogP contribution in [0.1, 0.15) is 32.6 Å². The molecule has 0 bridgehead atoms. The van der Waals surface area contributed by atoms with Gasteiger partial charge < -0.3 is 19.9 Å². The van der Waals surface area contributed by atoms with Gasteiger partial charge in [0, 0.05) is 38.1 Å². The zero-order valence-electron chi connectivity index (χ0n) is 16.1. The van der Waals surface area contributed by atoms with Gasteiger partial charge in [-0.2, -0.15) is 4.98 Å². The van der Waals surface area contributed by atoms with Crippen molar-refractivity contribution in [1.82, 2.24) is 14.9 Å². The number of thiophene rings is 1. The second-order valence-electron chi connectivity index (χ2n) is 7.36. The van der Waals surface area contributed by atoms with E-state index in [2.05, 4.69) is 28.2 Å². The van der Waals surface area contributed by atoms with Crippen molar-refractivity contribution in [3.8, 4) is 0 Å². The topological polar surface area (TPSA) is 70.6 Å². The summed E-state index contributed by atoms with van der Waals surface area (Å²) in [5.41, 5.74) is -0.470. The van der Waals surface area contributed by atoms with Crippen molar-refractivity contribution < 1.29 is 9.53 Å². The Labute approximate surface area is 158 Å². The van der Waals surface area contributed by atoms with Crippen LogP contribution < -0.4 is 10.2 Å². The monoisotopic (exact) mass is 377 g/mol. The third-order valence-corrected chi connectivity index (χ3v) is 5.40. The fourth-order valence-electron chi connectivity index (χ4n) is 2.91. The normalized spacial score (nSPS) is 15.4. The first kappa shape index (κ1) is 18.7. The third-order valence-electron chi connectivity index (χ3n) is 4.23. The van der Waals surface area contributed by atoms with Crippen LogP contribution in [0.15, 0.2) is 6.07 Å². The Hall–Kier alpha value is -2.09. The van der Waals surface area contributed by atoms with Crippen molar-refractivity contribution in [2.45, 2.75) is 39.7 Å². The van der Waals surface area contributed by atoms with E-state index in [4.69, 9.17) is 9.72 Å². The minimum atomic E-state index is -0.470. The lowest BCUT2D eigenvalue weighted by Gasteiger charge is -2.36. The van der Waals surface area contributed by atoms with Gasteiger partial charge in [0.25, 0.3) is 0 Å². The van der Waals surface area contributed by atoms with Crippen LogP contribution in [0.2, 0.25) is 0 Å². The number of carbonyl (C=O) groups is 1.